The van der Waals surface area contributed by atoms with Gasteiger partial charge in [-0.3, -0.25) is 0 Å². The molecule has 24 heteroatoms. The fourth-order valence-corrected chi connectivity index (χ4v) is 7.32. The van der Waals surface area contributed by atoms with Gasteiger partial charge in [0.25, 0.3) is 0 Å². The predicted octanol–water partition coefficient (Wildman–Crippen LogP) is -4.73. The zero-order chi connectivity index (χ0) is 46.6. The van der Waals surface area contributed by atoms with Crippen molar-refractivity contribution < 1.29 is 119 Å². The Morgan fingerprint density at radius 2 is 1.28 bits per heavy atom. The summed E-state index contributed by atoms with van der Waals surface area (Å²) in [4.78, 5) is 13.6. The first-order valence-electron chi connectivity index (χ1n) is 20.2. The van der Waals surface area contributed by atoms with Crippen molar-refractivity contribution >= 4 is 12.0 Å². The number of carbonyl (C=O) groups is 1. The number of phenolic OH excluding ortho intramolecular Hbond substituents is 4. The van der Waals surface area contributed by atoms with Gasteiger partial charge in [0.15, 0.2) is 54.3 Å². The van der Waals surface area contributed by atoms with E-state index in [0.29, 0.717) is 5.56 Å². The van der Waals surface area contributed by atoms with Crippen LogP contribution in [-0.4, -0.2) is 221 Å². The van der Waals surface area contributed by atoms with Crippen molar-refractivity contribution in [3.8, 4) is 23.0 Å². The Kier molecular flexibility index (Phi) is 16.7. The van der Waals surface area contributed by atoms with Crippen LogP contribution < -0.4 is 0 Å². The van der Waals surface area contributed by atoms with Crippen molar-refractivity contribution in [1.82, 2.24) is 0 Å². The second-order valence-corrected chi connectivity index (χ2v) is 15.6. The van der Waals surface area contributed by atoms with E-state index in [9.17, 15) is 76.3 Å². The molecule has 0 spiro atoms. The number of aliphatic hydroxyl groups excluding tert-OH is 10. The van der Waals surface area contributed by atoms with E-state index in [1.54, 1.807) is 0 Å². The summed E-state index contributed by atoms with van der Waals surface area (Å²) in [6.45, 7) is -0.978. The van der Waals surface area contributed by atoms with E-state index in [-0.39, 0.29) is 24.3 Å². The summed E-state index contributed by atoms with van der Waals surface area (Å²) in [5.74, 6) is -2.89. The van der Waals surface area contributed by atoms with Gasteiger partial charge < -0.3 is 114 Å². The molecule has 6 rings (SSSR count). The Morgan fingerprint density at radius 1 is 0.641 bits per heavy atom. The molecule has 4 fully saturated rings. The van der Waals surface area contributed by atoms with E-state index >= 15 is 0 Å². The summed E-state index contributed by atoms with van der Waals surface area (Å²) < 4.78 is 52.3. The van der Waals surface area contributed by atoms with Crippen LogP contribution in [0, 0.1) is 0 Å². The molecule has 2 aromatic carbocycles. The Bertz CT molecular complexity index is 1870. The zero-order valence-corrected chi connectivity index (χ0v) is 34.0. The minimum Gasteiger partial charge on any atom is -0.504 e. The molecule has 358 valence electrons. The molecule has 0 amide bonds. The highest BCUT2D eigenvalue weighted by Crippen LogP contribution is 2.35. The standard InChI is InChI=1S/C40H54O24/c1-15-26(48)30(52)36(64-38-31(53)27(49)22(46)13-57-38)40(59-15)63-35-33(55)39(56-9-8-17-3-6-19(43)21(45)11-17)61-24(14-58-37-32(54)29(51)28(50)23(12-41)60-37)34(35)62-25(47)7-4-16-2-5-18(42)20(44)10-16/h2-7,10-11,15,22-24,26-46,48-55H,8-9,12-14H2,1H3/b7-4+/t15-,22+,23+,24-,26-,27-,28+,29-,30+,31+,32+,33-,34-,35-,36-,37+,38-,39-,40+/m1/s1. The Balaban J connectivity index is 1.33. The quantitative estimate of drug-likeness (QED) is 0.0453. The summed E-state index contributed by atoms with van der Waals surface area (Å²) in [6.07, 6.45) is -30.8. The Hall–Kier alpha value is -3.87. The molecule has 14 N–H and O–H groups in total. The van der Waals surface area contributed by atoms with E-state index in [0.717, 1.165) is 18.2 Å². The van der Waals surface area contributed by atoms with Crippen LogP contribution in [0.25, 0.3) is 6.08 Å². The maximum absolute atomic E-state index is 13.6. The van der Waals surface area contributed by atoms with Crippen molar-refractivity contribution in [2.45, 2.75) is 130 Å². The summed E-state index contributed by atoms with van der Waals surface area (Å²) in [6, 6.07) is 7.62. The highest BCUT2D eigenvalue weighted by Gasteiger charge is 2.55. The minimum atomic E-state index is -1.97. The summed E-state index contributed by atoms with van der Waals surface area (Å²) in [7, 11) is 0. The molecule has 24 nitrogen and oxygen atoms in total. The average Bonchev–Trinajstić information content (AvgIpc) is 3.26. The SMILES string of the molecule is C[C@H]1O[C@@H](O[C@@H]2[C@@H](O)[C@H](OCCc3ccc(O)c(O)c3)O[C@H](CO[C@H]3O[C@@H](CO)[C@H](O)[C@@H](O)[C@@H]3O)[C@H]2OC(=O)/C=C/c2ccc(O)c(O)c2)[C@H](O[C@H]2OC[C@H](O)[C@@H](O)[C@@H]2O)[C@@H](O)[C@@H]1O. The van der Waals surface area contributed by atoms with Gasteiger partial charge in [-0.2, -0.15) is 0 Å². The van der Waals surface area contributed by atoms with Gasteiger partial charge in [0, 0.05) is 6.08 Å². The monoisotopic (exact) mass is 918 g/mol. The number of aliphatic hydroxyl groups is 10. The molecular weight excluding hydrogens is 864 g/mol. The number of rotatable bonds is 15. The first kappa shape index (κ1) is 49.6. The number of phenols is 4. The van der Waals surface area contributed by atoms with Crippen molar-refractivity contribution in [2.24, 2.45) is 0 Å². The van der Waals surface area contributed by atoms with Crippen molar-refractivity contribution in [2.75, 3.05) is 26.4 Å². The van der Waals surface area contributed by atoms with Crippen molar-refractivity contribution in [3.63, 3.8) is 0 Å². The van der Waals surface area contributed by atoms with Gasteiger partial charge in [-0.25, -0.2) is 4.79 Å². The Labute approximate surface area is 363 Å². The largest absolute Gasteiger partial charge is 0.504 e. The molecule has 0 radical (unpaired) electrons. The van der Waals surface area contributed by atoms with Crippen LogP contribution in [0.2, 0.25) is 0 Å². The number of ether oxygens (including phenoxy) is 9. The van der Waals surface area contributed by atoms with Crippen LogP contribution in [0.5, 0.6) is 23.0 Å². The van der Waals surface area contributed by atoms with Crippen molar-refractivity contribution in [3.05, 3.63) is 53.6 Å². The lowest BCUT2D eigenvalue weighted by atomic mass is 9.96. The van der Waals surface area contributed by atoms with Crippen LogP contribution in [0.1, 0.15) is 18.1 Å². The van der Waals surface area contributed by atoms with E-state index < -0.39 is 160 Å². The highest BCUT2D eigenvalue weighted by molar-refractivity contribution is 5.87. The molecule has 4 aliphatic heterocycles. The van der Waals surface area contributed by atoms with Gasteiger partial charge in [-0.15, -0.1) is 0 Å². The lowest BCUT2D eigenvalue weighted by Gasteiger charge is -2.48. The summed E-state index contributed by atoms with van der Waals surface area (Å²) in [5, 5.41) is 145. The number of hydrogen-bond donors (Lipinski definition) is 14. The third kappa shape index (κ3) is 11.4. The molecular formula is C40H54O24. The van der Waals surface area contributed by atoms with Crippen LogP contribution in [0.3, 0.4) is 0 Å². The molecule has 0 saturated carbocycles. The van der Waals surface area contributed by atoms with E-state index in [4.69, 9.17) is 42.6 Å². The predicted molar refractivity (Wildman–Crippen MR) is 206 cm³/mol. The lowest BCUT2D eigenvalue weighted by Crippen LogP contribution is -2.66. The summed E-state index contributed by atoms with van der Waals surface area (Å²) >= 11 is 0. The highest BCUT2D eigenvalue weighted by atomic mass is 16.8. The van der Waals surface area contributed by atoms with E-state index in [1.165, 1.54) is 37.3 Å². The first-order chi connectivity index (χ1) is 30.4. The van der Waals surface area contributed by atoms with Gasteiger partial charge in [-0.05, 0) is 54.8 Å². The molecule has 64 heavy (non-hydrogen) atoms. The fourth-order valence-electron chi connectivity index (χ4n) is 7.32. The van der Waals surface area contributed by atoms with E-state index in [1.807, 2.05) is 0 Å². The molecule has 4 saturated heterocycles. The van der Waals surface area contributed by atoms with Gasteiger partial charge in [-0.1, -0.05) is 12.1 Å². The third-order valence-corrected chi connectivity index (χ3v) is 11.1. The van der Waals surface area contributed by atoms with Crippen LogP contribution >= 0.6 is 0 Å². The smallest absolute Gasteiger partial charge is 0.331 e. The second kappa shape index (κ2) is 21.6. The number of esters is 1. The van der Waals surface area contributed by atoms with Gasteiger partial charge in [0.05, 0.1) is 32.5 Å². The molecule has 0 unspecified atom stereocenters. The number of hydrogen-bond acceptors (Lipinski definition) is 24. The lowest BCUT2D eigenvalue weighted by molar-refractivity contribution is -0.383. The van der Waals surface area contributed by atoms with Crippen LogP contribution in [0.15, 0.2) is 42.5 Å². The fraction of sp³-hybridized carbons (Fsp3) is 0.625. The molecule has 4 aliphatic rings. The molecule has 0 aliphatic carbocycles. The number of benzene rings is 2. The normalized spacial score (nSPS) is 39.5. The van der Waals surface area contributed by atoms with Crippen LogP contribution in [0.4, 0.5) is 0 Å². The average molecular weight is 919 g/mol. The summed E-state index contributed by atoms with van der Waals surface area (Å²) in [5.41, 5.74) is 0.693. The number of aromatic hydroxyl groups is 4. The second-order valence-electron chi connectivity index (χ2n) is 15.6. The first-order valence-corrected chi connectivity index (χ1v) is 20.2. The molecule has 2 aromatic rings. The molecule has 19 atom stereocenters. The molecule has 4 heterocycles. The van der Waals surface area contributed by atoms with Crippen molar-refractivity contribution in [1.29, 1.82) is 0 Å². The van der Waals surface area contributed by atoms with Gasteiger partial charge >= 0.3 is 5.97 Å². The topological polar surface area (TPSA) is 383 Å². The van der Waals surface area contributed by atoms with Crippen LogP contribution in [-0.2, 0) is 53.8 Å². The van der Waals surface area contributed by atoms with E-state index in [2.05, 4.69) is 0 Å². The molecule has 0 aromatic heterocycles. The third-order valence-electron chi connectivity index (χ3n) is 11.1. The Morgan fingerprint density at radius 3 is 1.97 bits per heavy atom. The maximum atomic E-state index is 13.6. The van der Waals surface area contributed by atoms with Gasteiger partial charge in [0.1, 0.15) is 79.4 Å². The van der Waals surface area contributed by atoms with Gasteiger partial charge in [0.2, 0.25) is 0 Å². The minimum absolute atomic E-state index is 0.0571. The molecule has 0 bridgehead atoms. The zero-order valence-electron chi connectivity index (χ0n) is 34.0. The number of carbonyl (C=O) groups excluding carboxylic acids is 1. The maximum Gasteiger partial charge on any atom is 0.331 e.